The van der Waals surface area contributed by atoms with Gasteiger partial charge in [0.15, 0.2) is 0 Å². The zero-order chi connectivity index (χ0) is 32.4. The summed E-state index contributed by atoms with van der Waals surface area (Å²) in [5.74, 6) is -4.64. The van der Waals surface area contributed by atoms with Crippen LogP contribution in [-0.2, 0) is 33.4 Å². The summed E-state index contributed by atoms with van der Waals surface area (Å²) < 4.78 is 11.3. The zero-order valence-corrected chi connectivity index (χ0v) is 26.1. The number of amides is 4. The summed E-state index contributed by atoms with van der Waals surface area (Å²) in [4.78, 5) is 77.4. The third kappa shape index (κ3) is 12.2. The molecule has 0 saturated carbocycles. The molecule has 0 aromatic rings. The first-order valence-corrected chi connectivity index (χ1v) is 14.1. The number of carboxylic acid groups (broad SMARTS) is 1. The first-order valence-electron chi connectivity index (χ1n) is 14.1. The first kappa shape index (κ1) is 36.5. The minimum absolute atomic E-state index is 0.0328. The smallest absolute Gasteiger partial charge is 0.407 e. The van der Waals surface area contributed by atoms with E-state index in [4.69, 9.17) is 14.6 Å². The Morgan fingerprint density at radius 1 is 1.05 bits per heavy atom. The molecule has 1 aliphatic rings. The maximum atomic E-state index is 14.0. The van der Waals surface area contributed by atoms with Crippen LogP contribution in [0.4, 0.5) is 4.79 Å². The van der Waals surface area contributed by atoms with Gasteiger partial charge in [-0.15, -0.1) is 6.58 Å². The van der Waals surface area contributed by atoms with Crippen molar-refractivity contribution in [3.8, 4) is 0 Å². The number of ketones is 1. The molecule has 1 heterocycles. The molecule has 0 aromatic carbocycles. The van der Waals surface area contributed by atoms with Crippen molar-refractivity contribution in [2.45, 2.75) is 104 Å². The molecule has 238 valence electrons. The molecule has 4 N–H and O–H groups in total. The fraction of sp³-hybridized carbons (Fsp3) is 0.724. The molecule has 1 aliphatic heterocycles. The second kappa shape index (κ2) is 15.7. The van der Waals surface area contributed by atoms with Crippen molar-refractivity contribution >= 4 is 35.6 Å². The van der Waals surface area contributed by atoms with E-state index in [1.165, 1.54) is 11.0 Å². The van der Waals surface area contributed by atoms with Crippen LogP contribution in [0, 0.1) is 11.3 Å². The SMILES string of the molecule is C=CCCC(NC(=O)C1CC(OC(C)(C)C)CN1C(=O)C(NC(=O)OCC(C)C)C(C)(C)C)C(=O)C(=O)NCC(=O)O. The van der Waals surface area contributed by atoms with E-state index in [9.17, 15) is 28.8 Å². The summed E-state index contributed by atoms with van der Waals surface area (Å²) in [5.41, 5.74) is -1.35. The Morgan fingerprint density at radius 3 is 2.17 bits per heavy atom. The van der Waals surface area contributed by atoms with Gasteiger partial charge in [-0.05, 0) is 44.9 Å². The Balaban J connectivity index is 3.30. The van der Waals surface area contributed by atoms with E-state index in [1.54, 1.807) is 20.8 Å². The number of nitrogens with one attached hydrogen (secondary N) is 3. The lowest BCUT2D eigenvalue weighted by atomic mass is 9.85. The normalized spacial score (nSPS) is 18.5. The van der Waals surface area contributed by atoms with Crippen LogP contribution >= 0.6 is 0 Å². The molecule has 0 aromatic heterocycles. The predicted molar refractivity (Wildman–Crippen MR) is 154 cm³/mol. The molecule has 42 heavy (non-hydrogen) atoms. The maximum absolute atomic E-state index is 14.0. The van der Waals surface area contributed by atoms with Gasteiger partial charge in [0.25, 0.3) is 5.91 Å². The summed E-state index contributed by atoms with van der Waals surface area (Å²) in [7, 11) is 0. The molecule has 1 saturated heterocycles. The highest BCUT2D eigenvalue weighted by Crippen LogP contribution is 2.29. The Morgan fingerprint density at radius 2 is 1.67 bits per heavy atom. The third-order valence-electron chi connectivity index (χ3n) is 6.21. The predicted octanol–water partition coefficient (Wildman–Crippen LogP) is 1.79. The number of likely N-dealkylation sites (tertiary alicyclic amines) is 1. The maximum Gasteiger partial charge on any atom is 0.407 e. The second-order valence-electron chi connectivity index (χ2n) is 12.9. The largest absolute Gasteiger partial charge is 0.480 e. The second-order valence-corrected chi connectivity index (χ2v) is 12.9. The molecule has 1 fully saturated rings. The minimum atomic E-state index is -1.33. The van der Waals surface area contributed by atoms with Crippen molar-refractivity contribution in [1.29, 1.82) is 0 Å². The van der Waals surface area contributed by atoms with Crippen LogP contribution < -0.4 is 16.0 Å². The van der Waals surface area contributed by atoms with Crippen LogP contribution in [0.5, 0.6) is 0 Å². The van der Waals surface area contributed by atoms with Gasteiger partial charge in [-0.2, -0.15) is 0 Å². The lowest BCUT2D eigenvalue weighted by Gasteiger charge is -2.35. The lowest BCUT2D eigenvalue weighted by molar-refractivity contribution is -0.144. The van der Waals surface area contributed by atoms with Crippen molar-refractivity contribution < 1.29 is 43.3 Å². The Hall–Kier alpha value is -3.48. The molecule has 0 radical (unpaired) electrons. The quantitative estimate of drug-likeness (QED) is 0.172. The average molecular weight is 597 g/mol. The summed E-state index contributed by atoms with van der Waals surface area (Å²) in [6.45, 7) is 17.7. The van der Waals surface area contributed by atoms with Gasteiger partial charge in [0.2, 0.25) is 17.6 Å². The average Bonchev–Trinajstić information content (AvgIpc) is 3.27. The van der Waals surface area contributed by atoms with Crippen molar-refractivity contribution in [1.82, 2.24) is 20.9 Å². The van der Waals surface area contributed by atoms with Gasteiger partial charge >= 0.3 is 12.1 Å². The number of carbonyl (C=O) groups is 6. The van der Waals surface area contributed by atoms with Crippen LogP contribution in [0.1, 0.15) is 74.7 Å². The van der Waals surface area contributed by atoms with Crippen LogP contribution in [0.2, 0.25) is 0 Å². The van der Waals surface area contributed by atoms with Gasteiger partial charge in [-0.1, -0.05) is 40.7 Å². The fourth-order valence-electron chi connectivity index (χ4n) is 4.31. The van der Waals surface area contributed by atoms with E-state index in [1.807, 2.05) is 39.9 Å². The van der Waals surface area contributed by atoms with E-state index >= 15 is 0 Å². The molecule has 4 amide bonds. The molecule has 0 aliphatic carbocycles. The number of carbonyl (C=O) groups excluding carboxylic acids is 5. The fourth-order valence-corrected chi connectivity index (χ4v) is 4.31. The molecule has 1 rings (SSSR count). The molecular formula is C29H48N4O9. The summed E-state index contributed by atoms with van der Waals surface area (Å²) >= 11 is 0. The van der Waals surface area contributed by atoms with Gasteiger partial charge in [-0.25, -0.2) is 4.79 Å². The number of carboxylic acids is 1. The number of aliphatic carboxylic acids is 1. The molecule has 0 spiro atoms. The molecule has 4 unspecified atom stereocenters. The number of hydrogen-bond acceptors (Lipinski definition) is 8. The first-order chi connectivity index (χ1) is 19.3. The molecule has 13 nitrogen and oxygen atoms in total. The number of Topliss-reactive ketones (excluding diaryl/α,β-unsaturated/α-hetero) is 1. The highest BCUT2D eigenvalue weighted by atomic mass is 16.5. The van der Waals surface area contributed by atoms with Gasteiger partial charge in [0.1, 0.15) is 18.6 Å². The number of allylic oxidation sites excluding steroid dienone is 1. The van der Waals surface area contributed by atoms with E-state index in [2.05, 4.69) is 17.2 Å². The number of ether oxygens (including phenoxy) is 2. The highest BCUT2D eigenvalue weighted by molar-refractivity contribution is 6.38. The molecule has 0 bridgehead atoms. The van der Waals surface area contributed by atoms with E-state index in [-0.39, 0.29) is 38.3 Å². The van der Waals surface area contributed by atoms with Crippen LogP contribution in [-0.4, -0.2) is 95.1 Å². The van der Waals surface area contributed by atoms with Gasteiger partial charge in [0.05, 0.1) is 24.4 Å². The summed E-state index contributed by atoms with van der Waals surface area (Å²) in [6, 6.07) is -3.42. The number of nitrogens with zero attached hydrogens (tertiary/aromatic N) is 1. The summed E-state index contributed by atoms with van der Waals surface area (Å²) in [5, 5.41) is 16.0. The molecule has 13 heteroatoms. The van der Waals surface area contributed by atoms with Crippen LogP contribution in [0.25, 0.3) is 0 Å². The third-order valence-corrected chi connectivity index (χ3v) is 6.21. The highest BCUT2D eigenvalue weighted by Gasteiger charge is 2.46. The van der Waals surface area contributed by atoms with Crippen LogP contribution in [0.15, 0.2) is 12.7 Å². The number of hydrogen-bond donors (Lipinski definition) is 4. The Bertz CT molecular complexity index is 1010. The Labute approximate surface area is 248 Å². The van der Waals surface area contributed by atoms with Crippen molar-refractivity contribution in [2.24, 2.45) is 11.3 Å². The minimum Gasteiger partial charge on any atom is -0.480 e. The van der Waals surface area contributed by atoms with E-state index < -0.39 is 77.4 Å². The van der Waals surface area contributed by atoms with Crippen molar-refractivity contribution in [3.63, 3.8) is 0 Å². The zero-order valence-electron chi connectivity index (χ0n) is 26.1. The lowest BCUT2D eigenvalue weighted by Crippen LogP contribution is -2.59. The van der Waals surface area contributed by atoms with Crippen molar-refractivity contribution in [3.05, 3.63) is 12.7 Å². The van der Waals surface area contributed by atoms with E-state index in [0.29, 0.717) is 0 Å². The molecular weight excluding hydrogens is 548 g/mol. The van der Waals surface area contributed by atoms with E-state index in [0.717, 1.165) is 0 Å². The number of rotatable bonds is 14. The summed E-state index contributed by atoms with van der Waals surface area (Å²) in [6.07, 6.45) is 0.641. The van der Waals surface area contributed by atoms with Gasteiger partial charge in [-0.3, -0.25) is 24.0 Å². The number of alkyl carbamates (subject to hydrolysis) is 1. The van der Waals surface area contributed by atoms with Crippen LogP contribution in [0.3, 0.4) is 0 Å². The standard InChI is InChI=1S/C29H48N4O9/c1-10-11-12-19(22(36)25(38)30-14-21(34)35)31-24(37)20-13-18(42-29(7,8)9)15-33(20)26(39)23(28(4,5)6)32-27(40)41-16-17(2)3/h10,17-20,23H,1,11-16H2,2-9H3,(H,30,38)(H,31,37)(H,32,40)(H,34,35). The monoisotopic (exact) mass is 596 g/mol. The van der Waals surface area contributed by atoms with Gasteiger partial charge in [0, 0.05) is 13.0 Å². The van der Waals surface area contributed by atoms with Gasteiger partial charge < -0.3 is 35.4 Å². The topological polar surface area (TPSA) is 180 Å². The molecule has 4 atom stereocenters. The Kier molecular flexibility index (Phi) is 13.6. The van der Waals surface area contributed by atoms with Crippen molar-refractivity contribution in [2.75, 3.05) is 19.7 Å².